The molecule has 0 aliphatic rings. The van der Waals surface area contributed by atoms with Crippen LogP contribution in [0.2, 0.25) is 0 Å². The van der Waals surface area contributed by atoms with Gasteiger partial charge in [0, 0.05) is 10.8 Å². The van der Waals surface area contributed by atoms with E-state index in [1.54, 1.807) is 30.3 Å². The van der Waals surface area contributed by atoms with Gasteiger partial charge in [0.05, 0.1) is 5.92 Å². The fourth-order valence-corrected chi connectivity index (χ4v) is 3.35. The number of fused-ring (bicyclic) bond motifs is 1. The lowest BCUT2D eigenvalue weighted by Crippen LogP contribution is -2.41. The molecule has 0 aromatic heterocycles. The molecule has 0 fully saturated rings. The Kier molecular flexibility index (Phi) is 8.73. The summed E-state index contributed by atoms with van der Waals surface area (Å²) >= 11 is 0. The normalized spacial score (nSPS) is 13.6. The molecule has 0 spiro atoms. The molecule has 10 heteroatoms. The van der Waals surface area contributed by atoms with E-state index in [-0.39, 0.29) is 34.7 Å². The summed E-state index contributed by atoms with van der Waals surface area (Å²) in [5, 5.41) is 0.940. The molecule has 194 valence electrons. The summed E-state index contributed by atoms with van der Waals surface area (Å²) in [5.41, 5.74) is -0.330. The van der Waals surface area contributed by atoms with E-state index in [1.165, 1.54) is 6.07 Å². The van der Waals surface area contributed by atoms with Gasteiger partial charge in [0.15, 0.2) is 13.2 Å². The average molecular weight is 504 g/mol. The molecule has 0 N–H and O–H groups in total. The average Bonchev–Trinajstić information content (AvgIpc) is 2.73. The molecule has 0 bridgehead atoms. The van der Waals surface area contributed by atoms with E-state index in [0.717, 1.165) is 0 Å². The number of benzene rings is 2. The summed E-state index contributed by atoms with van der Waals surface area (Å²) in [5.74, 6) is -6.63. The molecule has 2 rings (SSSR count). The van der Waals surface area contributed by atoms with E-state index >= 15 is 0 Å². The number of carbonyl (C=O) groups is 2. The minimum Gasteiger partial charge on any atom is -0.481 e. The van der Waals surface area contributed by atoms with Gasteiger partial charge in [-0.1, -0.05) is 58.9 Å². The second-order valence-corrected chi connectivity index (χ2v) is 9.73. The van der Waals surface area contributed by atoms with Crippen LogP contribution in [0.1, 0.15) is 41.0 Å². The van der Waals surface area contributed by atoms with Gasteiger partial charge in [-0.25, -0.2) is 4.79 Å². The molecule has 0 aliphatic heterocycles. The summed E-state index contributed by atoms with van der Waals surface area (Å²) in [7, 11) is 0. The molecule has 0 radical (unpaired) electrons. The molecule has 2 aromatic rings. The monoisotopic (exact) mass is 504 g/mol. The zero-order valence-corrected chi connectivity index (χ0v) is 20.2. The zero-order chi connectivity index (χ0) is 26.6. The molecule has 2 aromatic carbocycles. The molecule has 0 aliphatic carbocycles. The molecule has 1 unspecified atom stereocenters. The second-order valence-electron chi connectivity index (χ2n) is 9.73. The third-order valence-electron chi connectivity index (χ3n) is 5.26. The van der Waals surface area contributed by atoms with Gasteiger partial charge in [-0.2, -0.15) is 22.0 Å². The van der Waals surface area contributed by atoms with Crippen LogP contribution in [-0.4, -0.2) is 37.3 Å². The first kappa shape index (κ1) is 28.3. The highest BCUT2D eigenvalue weighted by atomic mass is 19.4. The Bertz CT molecular complexity index is 1040. The summed E-state index contributed by atoms with van der Waals surface area (Å²) < 4.78 is 77.5. The summed E-state index contributed by atoms with van der Waals surface area (Å²) in [6.07, 6.45) is -5.20. The Labute approximate surface area is 200 Å². The van der Waals surface area contributed by atoms with Crippen LogP contribution in [-0.2, 0) is 14.3 Å². The van der Waals surface area contributed by atoms with Crippen molar-refractivity contribution in [3.63, 3.8) is 0 Å². The van der Waals surface area contributed by atoms with Crippen LogP contribution in [0.5, 0.6) is 11.5 Å². The van der Waals surface area contributed by atoms with Crippen molar-refractivity contribution >= 4 is 22.7 Å². The maximum Gasteiger partial charge on any atom is 0.456 e. The maximum absolute atomic E-state index is 13.0. The minimum atomic E-state index is -5.83. The van der Waals surface area contributed by atoms with Gasteiger partial charge in [0.1, 0.15) is 11.5 Å². The van der Waals surface area contributed by atoms with E-state index in [9.17, 15) is 31.5 Å². The van der Waals surface area contributed by atoms with Gasteiger partial charge < -0.3 is 14.2 Å². The first-order valence-corrected chi connectivity index (χ1v) is 11.0. The number of alkyl halides is 5. The van der Waals surface area contributed by atoms with Gasteiger partial charge in [0.2, 0.25) is 0 Å². The van der Waals surface area contributed by atoms with Crippen molar-refractivity contribution in [1.29, 1.82) is 0 Å². The number of rotatable bonds is 9. The van der Waals surface area contributed by atoms with Crippen LogP contribution in [0, 0.1) is 17.3 Å². The molecular weight excluding hydrogens is 475 g/mol. The van der Waals surface area contributed by atoms with Crippen molar-refractivity contribution in [2.24, 2.45) is 17.3 Å². The standard InChI is InChI=1S/C25H29F5O5/c1-15(2)12-18(23(3,4)5)22(32)35-20-11-7-8-16-17(20)9-6-10-19(16)33-13-21(31)34-14-24(26,27)25(28,29)30/h6-11,15,18H,12-14H2,1-5H3. The van der Waals surface area contributed by atoms with Crippen LogP contribution in [0.4, 0.5) is 22.0 Å². The van der Waals surface area contributed by atoms with E-state index < -0.39 is 31.3 Å². The highest BCUT2D eigenvalue weighted by molar-refractivity contribution is 5.95. The molecule has 0 heterocycles. The van der Waals surface area contributed by atoms with Crippen molar-refractivity contribution < 1.29 is 45.8 Å². The van der Waals surface area contributed by atoms with Crippen LogP contribution < -0.4 is 9.47 Å². The lowest BCUT2D eigenvalue weighted by molar-refractivity contribution is -0.294. The predicted molar refractivity (Wildman–Crippen MR) is 119 cm³/mol. The van der Waals surface area contributed by atoms with Gasteiger partial charge >= 0.3 is 24.0 Å². The van der Waals surface area contributed by atoms with Gasteiger partial charge in [-0.3, -0.25) is 4.79 Å². The number of carbonyl (C=O) groups excluding carboxylic acids is 2. The van der Waals surface area contributed by atoms with Gasteiger partial charge in [-0.15, -0.1) is 0 Å². The molecule has 35 heavy (non-hydrogen) atoms. The third kappa shape index (κ3) is 7.53. The Balaban J connectivity index is 2.17. The topological polar surface area (TPSA) is 61.8 Å². The number of hydrogen-bond acceptors (Lipinski definition) is 5. The summed E-state index contributed by atoms with van der Waals surface area (Å²) in [4.78, 5) is 24.7. The zero-order valence-electron chi connectivity index (χ0n) is 20.2. The largest absolute Gasteiger partial charge is 0.481 e. The number of esters is 2. The number of ether oxygens (including phenoxy) is 3. The van der Waals surface area contributed by atoms with Gasteiger partial charge in [-0.05, 0) is 29.9 Å². The lowest BCUT2D eigenvalue weighted by Gasteiger charge is -2.30. The van der Waals surface area contributed by atoms with Crippen molar-refractivity contribution in [3.8, 4) is 11.5 Å². The van der Waals surface area contributed by atoms with E-state index in [4.69, 9.17) is 9.47 Å². The Morgan fingerprint density at radius 3 is 1.94 bits per heavy atom. The second kappa shape index (κ2) is 10.8. The fraction of sp³-hybridized carbons (Fsp3) is 0.520. The first-order valence-electron chi connectivity index (χ1n) is 11.0. The molecule has 0 amide bonds. The highest BCUT2D eigenvalue weighted by Crippen LogP contribution is 2.37. The molecule has 0 saturated carbocycles. The fourth-order valence-electron chi connectivity index (χ4n) is 3.35. The van der Waals surface area contributed by atoms with Crippen LogP contribution in [0.25, 0.3) is 10.8 Å². The summed E-state index contributed by atoms with van der Waals surface area (Å²) in [6, 6.07) is 9.54. The maximum atomic E-state index is 13.0. The predicted octanol–water partition coefficient (Wildman–Crippen LogP) is 6.57. The quantitative estimate of drug-likeness (QED) is 0.220. The van der Waals surface area contributed by atoms with E-state index in [0.29, 0.717) is 17.2 Å². The van der Waals surface area contributed by atoms with Crippen LogP contribution in [0.3, 0.4) is 0 Å². The van der Waals surface area contributed by atoms with Crippen molar-refractivity contribution in [3.05, 3.63) is 36.4 Å². The van der Waals surface area contributed by atoms with E-state index in [1.807, 2.05) is 34.6 Å². The number of halogens is 5. The molecule has 5 nitrogen and oxygen atoms in total. The molecule has 0 saturated heterocycles. The van der Waals surface area contributed by atoms with Crippen molar-refractivity contribution in [1.82, 2.24) is 0 Å². The van der Waals surface area contributed by atoms with E-state index in [2.05, 4.69) is 4.74 Å². The van der Waals surface area contributed by atoms with Crippen molar-refractivity contribution in [2.75, 3.05) is 13.2 Å². The smallest absolute Gasteiger partial charge is 0.456 e. The lowest BCUT2D eigenvalue weighted by atomic mass is 9.76. The highest BCUT2D eigenvalue weighted by Gasteiger charge is 2.58. The molecular formula is C25H29F5O5. The summed E-state index contributed by atoms with van der Waals surface area (Å²) in [6.45, 7) is 6.88. The Hall–Kier alpha value is -2.91. The SMILES string of the molecule is CC(C)CC(C(=O)Oc1cccc2c(OCC(=O)OCC(F)(F)C(F)(F)F)cccc12)C(C)(C)C. The minimum absolute atomic E-state index is 0.134. The number of hydrogen-bond donors (Lipinski definition) is 0. The third-order valence-corrected chi connectivity index (χ3v) is 5.26. The van der Waals surface area contributed by atoms with Gasteiger partial charge in [0.25, 0.3) is 0 Å². The Morgan fingerprint density at radius 1 is 0.886 bits per heavy atom. The molecule has 1 atom stereocenters. The van der Waals surface area contributed by atoms with Crippen molar-refractivity contribution in [2.45, 2.75) is 53.1 Å². The van der Waals surface area contributed by atoms with Crippen LogP contribution >= 0.6 is 0 Å². The first-order chi connectivity index (χ1) is 16.0. The Morgan fingerprint density at radius 2 is 1.43 bits per heavy atom. The van der Waals surface area contributed by atoms with Crippen LogP contribution in [0.15, 0.2) is 36.4 Å².